The average molecular weight is 238 g/mol. The van der Waals surface area contributed by atoms with Crippen LogP contribution in [0.2, 0.25) is 0 Å². The van der Waals surface area contributed by atoms with E-state index < -0.39 is 0 Å². The van der Waals surface area contributed by atoms with Crippen LogP contribution in [0.5, 0.6) is 0 Å². The first-order valence-corrected chi connectivity index (χ1v) is 5.94. The maximum atomic E-state index is 12.2. The van der Waals surface area contributed by atoms with Crippen LogP contribution in [0.4, 0.5) is 0 Å². The van der Waals surface area contributed by atoms with Crippen molar-refractivity contribution in [1.29, 1.82) is 0 Å². The fourth-order valence-electron chi connectivity index (χ4n) is 2.26. The second-order valence-electron chi connectivity index (χ2n) is 4.43. The number of benzene rings is 1. The standard InChI is InChI=1S/C15H14N2O/c1-16-9-4-7-14(16)15(18)11-17-10-8-12-5-2-3-6-13(12)17/h2-10H,11H2,1H3. The van der Waals surface area contributed by atoms with Crippen molar-refractivity contribution in [2.75, 3.05) is 0 Å². The van der Waals surface area contributed by atoms with Crippen LogP contribution in [-0.2, 0) is 13.6 Å². The number of carbonyl (C=O) groups excluding carboxylic acids is 1. The highest BCUT2D eigenvalue weighted by Gasteiger charge is 2.10. The van der Waals surface area contributed by atoms with E-state index in [0.717, 1.165) is 16.6 Å². The van der Waals surface area contributed by atoms with E-state index in [-0.39, 0.29) is 5.78 Å². The van der Waals surface area contributed by atoms with E-state index in [4.69, 9.17) is 0 Å². The summed E-state index contributed by atoms with van der Waals surface area (Å²) in [5.74, 6) is 0.129. The molecule has 2 aromatic heterocycles. The number of fused-ring (bicyclic) bond motifs is 1. The number of Topliss-reactive ketones (excluding diaryl/α,β-unsaturated/α-hetero) is 1. The van der Waals surface area contributed by atoms with Gasteiger partial charge in [-0.05, 0) is 29.7 Å². The van der Waals surface area contributed by atoms with E-state index in [2.05, 4.69) is 6.07 Å². The van der Waals surface area contributed by atoms with Gasteiger partial charge in [-0.2, -0.15) is 0 Å². The predicted molar refractivity (Wildman–Crippen MR) is 71.7 cm³/mol. The van der Waals surface area contributed by atoms with Crippen molar-refractivity contribution in [2.24, 2.45) is 7.05 Å². The molecule has 3 nitrogen and oxygen atoms in total. The Hall–Kier alpha value is -2.29. The zero-order valence-electron chi connectivity index (χ0n) is 10.2. The van der Waals surface area contributed by atoms with Gasteiger partial charge in [-0.3, -0.25) is 4.79 Å². The third kappa shape index (κ3) is 1.74. The highest BCUT2D eigenvalue weighted by molar-refractivity contribution is 5.95. The predicted octanol–water partition coefficient (Wildman–Crippen LogP) is 2.86. The highest BCUT2D eigenvalue weighted by atomic mass is 16.1. The van der Waals surface area contributed by atoms with Crippen LogP contribution in [-0.4, -0.2) is 14.9 Å². The van der Waals surface area contributed by atoms with Crippen molar-refractivity contribution in [3.63, 3.8) is 0 Å². The summed E-state index contributed by atoms with van der Waals surface area (Å²) >= 11 is 0. The summed E-state index contributed by atoms with van der Waals surface area (Å²) in [7, 11) is 1.89. The second kappa shape index (κ2) is 4.18. The highest BCUT2D eigenvalue weighted by Crippen LogP contribution is 2.15. The van der Waals surface area contributed by atoms with Gasteiger partial charge in [-0.1, -0.05) is 18.2 Å². The van der Waals surface area contributed by atoms with E-state index in [9.17, 15) is 4.79 Å². The molecule has 0 N–H and O–H groups in total. The lowest BCUT2D eigenvalue weighted by Crippen LogP contribution is -2.12. The number of aryl methyl sites for hydroxylation is 1. The van der Waals surface area contributed by atoms with E-state index >= 15 is 0 Å². The van der Waals surface area contributed by atoms with Gasteiger partial charge in [0.1, 0.15) is 0 Å². The topological polar surface area (TPSA) is 26.9 Å². The van der Waals surface area contributed by atoms with Crippen molar-refractivity contribution in [3.05, 3.63) is 60.6 Å². The van der Waals surface area contributed by atoms with Gasteiger partial charge < -0.3 is 9.13 Å². The van der Waals surface area contributed by atoms with Crippen LogP contribution < -0.4 is 0 Å². The van der Waals surface area contributed by atoms with E-state index in [1.54, 1.807) is 0 Å². The SMILES string of the molecule is Cn1cccc1C(=O)Cn1ccc2ccccc21. The number of aromatic nitrogens is 2. The van der Waals surface area contributed by atoms with Crippen molar-refractivity contribution < 1.29 is 4.79 Å². The van der Waals surface area contributed by atoms with Crippen molar-refractivity contribution >= 4 is 16.7 Å². The first-order valence-electron chi connectivity index (χ1n) is 5.94. The van der Waals surface area contributed by atoms with Crippen LogP contribution in [0.25, 0.3) is 10.9 Å². The summed E-state index contributed by atoms with van der Waals surface area (Å²) in [6.45, 7) is 0.380. The lowest BCUT2D eigenvalue weighted by atomic mass is 10.2. The molecule has 0 radical (unpaired) electrons. The van der Waals surface area contributed by atoms with Crippen molar-refractivity contribution in [2.45, 2.75) is 6.54 Å². The zero-order valence-corrected chi connectivity index (χ0v) is 10.2. The monoisotopic (exact) mass is 238 g/mol. The molecule has 0 amide bonds. The molecule has 18 heavy (non-hydrogen) atoms. The van der Waals surface area contributed by atoms with Crippen LogP contribution in [0.1, 0.15) is 10.5 Å². The number of hydrogen-bond donors (Lipinski definition) is 0. The van der Waals surface area contributed by atoms with Gasteiger partial charge >= 0.3 is 0 Å². The first kappa shape index (κ1) is 10.8. The molecule has 3 heteroatoms. The largest absolute Gasteiger partial charge is 0.348 e. The van der Waals surface area contributed by atoms with Gasteiger partial charge in [-0.25, -0.2) is 0 Å². The molecule has 2 heterocycles. The summed E-state index contributed by atoms with van der Waals surface area (Å²) in [5.41, 5.74) is 1.84. The first-order chi connectivity index (χ1) is 8.75. The summed E-state index contributed by atoms with van der Waals surface area (Å²) in [4.78, 5) is 12.2. The molecule has 0 aliphatic carbocycles. The molecule has 0 saturated heterocycles. The van der Waals surface area contributed by atoms with Gasteiger partial charge in [0.25, 0.3) is 0 Å². The number of carbonyl (C=O) groups is 1. The van der Waals surface area contributed by atoms with Crippen LogP contribution in [0, 0.1) is 0 Å². The Morgan fingerprint density at radius 1 is 1.06 bits per heavy atom. The maximum Gasteiger partial charge on any atom is 0.198 e. The average Bonchev–Trinajstić information content (AvgIpc) is 2.97. The Morgan fingerprint density at radius 3 is 2.67 bits per heavy atom. The fraction of sp³-hybridized carbons (Fsp3) is 0.133. The molecular formula is C15H14N2O. The zero-order chi connectivity index (χ0) is 12.5. The molecule has 0 spiro atoms. The molecule has 0 aliphatic heterocycles. The number of nitrogens with zero attached hydrogens (tertiary/aromatic N) is 2. The van der Waals surface area contributed by atoms with Crippen LogP contribution in [0.3, 0.4) is 0 Å². The second-order valence-corrected chi connectivity index (χ2v) is 4.43. The van der Waals surface area contributed by atoms with Crippen LogP contribution in [0.15, 0.2) is 54.9 Å². The van der Waals surface area contributed by atoms with Gasteiger partial charge in [0.2, 0.25) is 0 Å². The molecule has 0 bridgehead atoms. The van der Waals surface area contributed by atoms with Crippen molar-refractivity contribution in [3.8, 4) is 0 Å². The van der Waals surface area contributed by atoms with E-state index in [0.29, 0.717) is 6.54 Å². The minimum absolute atomic E-state index is 0.129. The Kier molecular flexibility index (Phi) is 2.52. The third-order valence-corrected chi connectivity index (χ3v) is 3.22. The molecule has 0 atom stereocenters. The normalized spacial score (nSPS) is 10.9. The van der Waals surface area contributed by atoms with Crippen molar-refractivity contribution in [1.82, 2.24) is 9.13 Å². The fourth-order valence-corrected chi connectivity index (χ4v) is 2.26. The quantitative estimate of drug-likeness (QED) is 0.644. The lowest BCUT2D eigenvalue weighted by molar-refractivity contribution is 0.0965. The molecule has 0 saturated carbocycles. The maximum absolute atomic E-state index is 12.2. The van der Waals surface area contributed by atoms with Gasteiger partial charge in [0.05, 0.1) is 12.2 Å². The van der Waals surface area contributed by atoms with E-state index in [1.807, 2.05) is 65.0 Å². The van der Waals surface area contributed by atoms with Gasteiger partial charge in [-0.15, -0.1) is 0 Å². The molecule has 0 fully saturated rings. The summed E-state index contributed by atoms with van der Waals surface area (Å²) in [6.07, 6.45) is 3.85. The minimum atomic E-state index is 0.129. The smallest absolute Gasteiger partial charge is 0.198 e. The Bertz CT molecular complexity index is 706. The van der Waals surface area contributed by atoms with Gasteiger partial charge in [0, 0.05) is 25.0 Å². The lowest BCUT2D eigenvalue weighted by Gasteiger charge is -2.05. The molecule has 0 unspecified atom stereocenters. The third-order valence-electron chi connectivity index (χ3n) is 3.22. The van der Waals surface area contributed by atoms with E-state index in [1.165, 1.54) is 0 Å². The summed E-state index contributed by atoms with van der Waals surface area (Å²) in [5, 5.41) is 1.16. The molecule has 1 aromatic carbocycles. The van der Waals surface area contributed by atoms with Crippen LogP contribution >= 0.6 is 0 Å². The molecular weight excluding hydrogens is 224 g/mol. The summed E-state index contributed by atoms with van der Waals surface area (Å²) in [6, 6.07) is 13.9. The Labute approximate surface area is 105 Å². The number of ketones is 1. The molecule has 0 aliphatic rings. The number of para-hydroxylation sites is 1. The number of hydrogen-bond acceptors (Lipinski definition) is 1. The van der Waals surface area contributed by atoms with Gasteiger partial charge in [0.15, 0.2) is 5.78 Å². The molecule has 90 valence electrons. The Balaban J connectivity index is 1.93. The molecule has 3 aromatic rings. The Morgan fingerprint density at radius 2 is 1.89 bits per heavy atom. The summed E-state index contributed by atoms with van der Waals surface area (Å²) < 4.78 is 3.85. The molecule has 3 rings (SSSR count). The minimum Gasteiger partial charge on any atom is -0.348 e. The number of rotatable bonds is 3.